The van der Waals surface area contributed by atoms with Gasteiger partial charge in [-0.15, -0.1) is 0 Å². The van der Waals surface area contributed by atoms with Crippen molar-refractivity contribution < 1.29 is 45.0 Å². The van der Waals surface area contributed by atoms with Gasteiger partial charge in [0, 0.05) is 0 Å². The van der Waals surface area contributed by atoms with Crippen molar-refractivity contribution in [2.45, 2.75) is 51.9 Å². The summed E-state index contributed by atoms with van der Waals surface area (Å²) in [4.78, 5) is 28.7. The predicted octanol–water partition coefficient (Wildman–Crippen LogP) is -0.515. The van der Waals surface area contributed by atoms with Crippen LogP contribution < -0.4 is 0 Å². The molecule has 1 atom stereocenters. The van der Waals surface area contributed by atoms with Crippen molar-refractivity contribution in [3.05, 3.63) is 0 Å². The highest BCUT2D eigenvalue weighted by Gasteiger charge is 2.01. The van der Waals surface area contributed by atoms with Crippen LogP contribution in [0.25, 0.3) is 0 Å². The summed E-state index contributed by atoms with van der Waals surface area (Å²) in [5.41, 5.74) is 0. The first-order chi connectivity index (χ1) is 9.04. The van der Waals surface area contributed by atoms with Crippen molar-refractivity contribution in [3.63, 3.8) is 0 Å². The third kappa shape index (κ3) is 36.0. The number of rotatable bonds is 6. The van der Waals surface area contributed by atoms with Crippen LogP contribution in [0.4, 0.5) is 0 Å². The highest BCUT2D eigenvalue weighted by Crippen LogP contribution is 1.88. The van der Waals surface area contributed by atoms with E-state index in [2.05, 4.69) is 0 Å². The minimum Gasteiger partial charge on any atom is -0.481 e. The minimum atomic E-state index is -1.23. The molecule has 6 N–H and O–H groups in total. The summed E-state index contributed by atoms with van der Waals surface area (Å²) in [5, 5.41) is 47.8. The molecule has 0 aliphatic rings. The summed E-state index contributed by atoms with van der Waals surface area (Å²) < 4.78 is 0. The van der Waals surface area contributed by atoms with Gasteiger partial charge in [-0.25, -0.2) is 4.79 Å². The fraction of sp³-hybridized carbons (Fsp3) is 0.727. The van der Waals surface area contributed by atoms with E-state index in [1.165, 1.54) is 6.92 Å². The van der Waals surface area contributed by atoms with Crippen LogP contribution in [0, 0.1) is 0 Å². The Kier molecular flexibility index (Phi) is 17.9. The normalized spacial score (nSPS) is 10.5. The van der Waals surface area contributed by atoms with Crippen LogP contribution in [0.3, 0.4) is 0 Å². The Morgan fingerprint density at radius 3 is 1.25 bits per heavy atom. The Hall–Kier alpha value is -1.71. The van der Waals surface area contributed by atoms with Gasteiger partial charge >= 0.3 is 17.9 Å². The Morgan fingerprint density at radius 2 is 1.20 bits per heavy atom. The number of carbonyl (C=O) groups is 3. The number of aliphatic hydroxyl groups is 3. The third-order valence-electron chi connectivity index (χ3n) is 1.46. The molecule has 0 aliphatic carbocycles. The van der Waals surface area contributed by atoms with Gasteiger partial charge in [-0.05, 0) is 13.3 Å². The molecule has 0 rings (SSSR count). The fourth-order valence-corrected chi connectivity index (χ4v) is 0.472. The molecule has 0 fully saturated rings. The van der Waals surface area contributed by atoms with Crippen molar-refractivity contribution in [2.24, 2.45) is 0 Å². The maximum atomic E-state index is 9.64. The zero-order valence-electron chi connectivity index (χ0n) is 11.4. The maximum Gasteiger partial charge on any atom is 0.332 e. The van der Waals surface area contributed by atoms with Crippen LogP contribution in [0.1, 0.15) is 39.5 Å². The topological polar surface area (TPSA) is 173 Å². The van der Waals surface area contributed by atoms with Crippen LogP contribution in [0.5, 0.6) is 0 Å². The quantitative estimate of drug-likeness (QED) is 0.353. The third-order valence-corrected chi connectivity index (χ3v) is 1.46. The van der Waals surface area contributed by atoms with Gasteiger partial charge in [0.1, 0.15) is 6.10 Å². The van der Waals surface area contributed by atoms with Gasteiger partial charge in [0.2, 0.25) is 0 Å². The van der Waals surface area contributed by atoms with Gasteiger partial charge < -0.3 is 30.6 Å². The smallest absolute Gasteiger partial charge is 0.332 e. The molecular weight excluding hydrogens is 276 g/mol. The van der Waals surface area contributed by atoms with Gasteiger partial charge in [0.15, 0.2) is 6.29 Å². The van der Waals surface area contributed by atoms with Crippen molar-refractivity contribution in [3.8, 4) is 0 Å². The molecule has 120 valence electrons. The summed E-state index contributed by atoms with van der Waals surface area (Å²) >= 11 is 0. The van der Waals surface area contributed by atoms with E-state index in [1.807, 2.05) is 6.92 Å². The molecule has 0 aromatic carbocycles. The van der Waals surface area contributed by atoms with Gasteiger partial charge in [-0.3, -0.25) is 9.59 Å². The lowest BCUT2D eigenvalue weighted by atomic mass is 10.3. The second-order valence-corrected chi connectivity index (χ2v) is 3.57. The molecule has 0 saturated carbocycles. The van der Waals surface area contributed by atoms with E-state index in [4.69, 9.17) is 30.6 Å². The van der Waals surface area contributed by atoms with Crippen molar-refractivity contribution in [2.75, 3.05) is 0 Å². The number of aliphatic carboxylic acids is 3. The molecule has 0 bridgehead atoms. The maximum absolute atomic E-state index is 9.64. The second-order valence-electron chi connectivity index (χ2n) is 3.57. The second kappa shape index (κ2) is 15.3. The standard InChI is InChI=1S/C4H6O4.C4H10O2.C3H6O3/c5-3(6)1-2-4(7)8;1-2-3-4(5)6;1-2(4)3(5)6/h1-2H2,(H,5,6)(H,7,8);4-6H,2-3H2,1H3;2,4H,1H3,(H,5,6). The molecule has 0 heterocycles. The van der Waals surface area contributed by atoms with E-state index in [9.17, 15) is 14.4 Å². The highest BCUT2D eigenvalue weighted by molar-refractivity contribution is 5.75. The van der Waals surface area contributed by atoms with E-state index in [1.54, 1.807) is 0 Å². The van der Waals surface area contributed by atoms with Crippen LogP contribution in [-0.2, 0) is 14.4 Å². The highest BCUT2D eigenvalue weighted by atomic mass is 16.5. The van der Waals surface area contributed by atoms with Crippen LogP contribution in [0.2, 0.25) is 0 Å². The number of aliphatic hydroxyl groups excluding tert-OH is 2. The van der Waals surface area contributed by atoms with Gasteiger partial charge in [-0.2, -0.15) is 0 Å². The Labute approximate surface area is 116 Å². The monoisotopic (exact) mass is 298 g/mol. The molecule has 9 nitrogen and oxygen atoms in total. The van der Waals surface area contributed by atoms with Gasteiger partial charge in [0.05, 0.1) is 12.8 Å². The number of hydrogen-bond donors (Lipinski definition) is 6. The summed E-state index contributed by atoms with van der Waals surface area (Å²) in [5.74, 6) is -3.34. The molecule has 1 unspecified atom stereocenters. The zero-order valence-corrected chi connectivity index (χ0v) is 11.4. The summed E-state index contributed by atoms with van der Waals surface area (Å²) in [6.45, 7) is 3.10. The summed E-state index contributed by atoms with van der Waals surface area (Å²) in [6, 6.07) is 0. The van der Waals surface area contributed by atoms with Crippen molar-refractivity contribution in [1.82, 2.24) is 0 Å². The largest absolute Gasteiger partial charge is 0.481 e. The van der Waals surface area contributed by atoms with E-state index < -0.39 is 30.3 Å². The predicted molar refractivity (Wildman–Crippen MR) is 67.0 cm³/mol. The first-order valence-electron chi connectivity index (χ1n) is 5.75. The number of carboxylic acids is 3. The van der Waals surface area contributed by atoms with E-state index in [-0.39, 0.29) is 12.8 Å². The average molecular weight is 298 g/mol. The zero-order chi connectivity index (χ0) is 16.7. The average Bonchev–Trinajstić information content (AvgIpc) is 2.27. The molecule has 0 amide bonds. The lowest BCUT2D eigenvalue weighted by molar-refractivity contribution is -0.145. The van der Waals surface area contributed by atoms with Crippen LogP contribution in [-0.4, -0.2) is 60.9 Å². The Balaban J connectivity index is -0.000000221. The first kappa shape index (κ1) is 23.4. The molecule has 0 aromatic heterocycles. The number of carboxylic acid groups (broad SMARTS) is 3. The van der Waals surface area contributed by atoms with E-state index in [0.717, 1.165) is 6.42 Å². The molecule has 0 saturated heterocycles. The lowest BCUT2D eigenvalue weighted by Crippen LogP contribution is -2.13. The molecule has 9 heteroatoms. The van der Waals surface area contributed by atoms with E-state index in [0.29, 0.717) is 6.42 Å². The molecule has 0 aliphatic heterocycles. The first-order valence-corrected chi connectivity index (χ1v) is 5.75. The SMILES string of the molecule is CC(O)C(=O)O.CCCC(O)O.O=C(O)CCC(=O)O. The Morgan fingerprint density at radius 1 is 0.900 bits per heavy atom. The Bertz CT molecular complexity index is 259. The van der Waals surface area contributed by atoms with Gasteiger partial charge in [0.25, 0.3) is 0 Å². The van der Waals surface area contributed by atoms with Crippen molar-refractivity contribution in [1.29, 1.82) is 0 Å². The summed E-state index contributed by atoms with van der Waals surface area (Å²) in [7, 11) is 0. The van der Waals surface area contributed by atoms with Crippen LogP contribution in [0.15, 0.2) is 0 Å². The van der Waals surface area contributed by atoms with Crippen molar-refractivity contribution >= 4 is 17.9 Å². The molecule has 0 radical (unpaired) electrons. The molecule has 0 spiro atoms. The molecular formula is C11H22O9. The molecule has 0 aromatic rings. The fourth-order valence-electron chi connectivity index (χ4n) is 0.472. The lowest BCUT2D eigenvalue weighted by Gasteiger charge is -1.94. The minimum absolute atomic E-state index is 0.296. The van der Waals surface area contributed by atoms with Gasteiger partial charge in [-0.1, -0.05) is 13.3 Å². The van der Waals surface area contributed by atoms with E-state index >= 15 is 0 Å². The number of hydrogen-bond acceptors (Lipinski definition) is 6. The summed E-state index contributed by atoms with van der Waals surface area (Å²) in [6.07, 6.45) is -1.61. The van der Waals surface area contributed by atoms with Crippen LogP contribution >= 0.6 is 0 Å². The molecule has 20 heavy (non-hydrogen) atoms.